The smallest absolute Gasteiger partial charge is 0.407 e. The largest absolute Gasteiger partial charge is 0.489 e. The van der Waals surface area contributed by atoms with Gasteiger partial charge in [-0.3, -0.25) is 14.9 Å². The Morgan fingerprint density at radius 3 is 1.51 bits per heavy atom. The van der Waals surface area contributed by atoms with Gasteiger partial charge < -0.3 is 55.6 Å². The fraction of sp³-hybridized carbons (Fsp3) is 0.409. The number of nitrogens with zero attached hydrogens (tertiary/aromatic N) is 3. The number of esters is 1. The summed E-state index contributed by atoms with van der Waals surface area (Å²) in [6.07, 6.45) is -3.01. The Kier molecular flexibility index (Phi) is 26.6. The van der Waals surface area contributed by atoms with Crippen molar-refractivity contribution in [1.29, 1.82) is 0 Å². The number of nitro benzene ring substituents is 1. The Morgan fingerprint density at radius 2 is 1.04 bits per heavy atom. The molecule has 0 saturated carbocycles. The van der Waals surface area contributed by atoms with E-state index in [0.29, 0.717) is 50.7 Å². The molecule has 0 spiro atoms. The number of non-ortho nitro benzene ring substituents is 1. The van der Waals surface area contributed by atoms with Crippen molar-refractivity contribution in [1.82, 2.24) is 19.2 Å². The van der Waals surface area contributed by atoms with Gasteiger partial charge in [0.15, 0.2) is 0 Å². The normalized spacial score (nSPS) is 16.6. The molecule has 8 rings (SSSR count). The average molecular weight is 1290 g/mol. The van der Waals surface area contributed by atoms with E-state index < -0.39 is 79.6 Å². The van der Waals surface area contributed by atoms with Crippen molar-refractivity contribution < 1.29 is 69.7 Å². The molecule has 6 aromatic carbocycles. The predicted octanol–water partition coefficient (Wildman–Crippen LogP) is 7.83. The maximum absolute atomic E-state index is 14.1. The average Bonchev–Trinajstić information content (AvgIpc) is 1.46. The first kappa shape index (κ1) is 70.4. The van der Waals surface area contributed by atoms with Crippen LogP contribution in [-0.4, -0.2) is 149 Å². The first-order valence-corrected chi connectivity index (χ1v) is 33.1. The van der Waals surface area contributed by atoms with Crippen molar-refractivity contribution in [2.75, 3.05) is 58.3 Å². The highest BCUT2D eigenvalue weighted by molar-refractivity contribution is 7.89. The molecule has 0 aromatic heterocycles. The summed E-state index contributed by atoms with van der Waals surface area (Å²) in [6.45, 7) is 9.03. The summed E-state index contributed by atoms with van der Waals surface area (Å²) in [5.74, 6) is -0.263. The van der Waals surface area contributed by atoms with E-state index in [-0.39, 0.29) is 85.5 Å². The van der Waals surface area contributed by atoms with Gasteiger partial charge >= 0.3 is 18.2 Å². The molecule has 0 radical (unpaired) electrons. The molecule has 2 aliphatic rings. The molecule has 7 atom stereocenters. The maximum Gasteiger partial charge on any atom is 0.407 e. The second-order valence-corrected chi connectivity index (χ2v) is 27.1. The van der Waals surface area contributed by atoms with Crippen LogP contribution in [0.15, 0.2) is 174 Å². The minimum atomic E-state index is -4.11. The number of carbonyl (C=O) groups excluding carboxylic acids is 3. The van der Waals surface area contributed by atoms with Gasteiger partial charge in [0, 0.05) is 50.3 Å². The highest BCUT2D eigenvalue weighted by atomic mass is 32.2. The molecule has 2 amide bonds. The predicted molar refractivity (Wildman–Crippen MR) is 341 cm³/mol. The Hall–Kier alpha value is -8.01. The molecule has 91 heavy (non-hydrogen) atoms. The number of aliphatic hydroxyl groups is 1. The first-order valence-electron chi connectivity index (χ1n) is 30.2. The number of hydrogen-bond donors (Lipinski definition) is 5. The number of nitrogens with one attached hydrogen (secondary N) is 2. The van der Waals surface area contributed by atoms with Gasteiger partial charge in [0.05, 0.1) is 65.9 Å². The van der Waals surface area contributed by atoms with Gasteiger partial charge in [0.1, 0.15) is 36.7 Å². The van der Waals surface area contributed by atoms with Crippen molar-refractivity contribution in [3.63, 3.8) is 0 Å². The number of rotatable bonds is 30. The highest BCUT2D eigenvalue weighted by Crippen LogP contribution is 2.25. The minimum Gasteiger partial charge on any atom is -0.489 e. The number of alkyl carbamates (subject to hydrolysis) is 2. The quantitative estimate of drug-likeness (QED) is 0.00942. The summed E-state index contributed by atoms with van der Waals surface area (Å²) in [5.41, 5.74) is 16.0. The summed E-state index contributed by atoms with van der Waals surface area (Å²) in [6, 6.07) is 43.3. The maximum atomic E-state index is 14.1. The number of benzene rings is 6. The number of anilines is 1. The van der Waals surface area contributed by atoms with E-state index >= 15 is 0 Å². The molecule has 490 valence electrons. The molecule has 0 unspecified atom stereocenters. The van der Waals surface area contributed by atoms with Gasteiger partial charge in [-0.1, -0.05) is 131 Å². The van der Waals surface area contributed by atoms with Crippen LogP contribution in [0.25, 0.3) is 0 Å². The van der Waals surface area contributed by atoms with Crippen LogP contribution in [0.4, 0.5) is 21.0 Å². The molecular weight excluding hydrogens is 1210 g/mol. The Balaban J connectivity index is 0.000000278. The third-order valence-corrected chi connectivity index (χ3v) is 18.4. The van der Waals surface area contributed by atoms with Crippen molar-refractivity contribution in [3.8, 4) is 5.75 Å². The molecule has 0 bridgehead atoms. The van der Waals surface area contributed by atoms with Gasteiger partial charge in [-0.2, -0.15) is 8.61 Å². The van der Waals surface area contributed by atoms with E-state index in [4.69, 9.17) is 39.9 Å². The zero-order valence-electron chi connectivity index (χ0n) is 51.6. The lowest BCUT2D eigenvalue weighted by atomic mass is 10.0. The van der Waals surface area contributed by atoms with Crippen LogP contribution in [0.5, 0.6) is 5.75 Å². The van der Waals surface area contributed by atoms with Crippen LogP contribution in [-0.2, 0) is 74.4 Å². The number of carbonyl (C=O) groups is 3. The van der Waals surface area contributed by atoms with E-state index in [9.17, 15) is 46.4 Å². The van der Waals surface area contributed by atoms with Gasteiger partial charge in [-0.05, 0) is 102 Å². The second-order valence-electron chi connectivity index (χ2n) is 23.2. The lowest BCUT2D eigenvalue weighted by molar-refractivity contribution is -0.384. The third kappa shape index (κ3) is 22.4. The van der Waals surface area contributed by atoms with Crippen LogP contribution in [0, 0.1) is 22.0 Å². The van der Waals surface area contributed by atoms with Gasteiger partial charge in [0.25, 0.3) is 5.69 Å². The topological polar surface area (TPSA) is 321 Å². The van der Waals surface area contributed by atoms with Crippen LogP contribution < -0.4 is 26.8 Å². The van der Waals surface area contributed by atoms with E-state index in [1.807, 2.05) is 143 Å². The molecule has 2 aliphatic heterocycles. The van der Waals surface area contributed by atoms with E-state index in [1.165, 1.54) is 40.7 Å². The summed E-state index contributed by atoms with van der Waals surface area (Å²) in [4.78, 5) is 50.0. The Morgan fingerprint density at radius 1 is 0.604 bits per heavy atom. The zero-order chi connectivity index (χ0) is 65.5. The number of ether oxygens (including phenoxy) is 6. The van der Waals surface area contributed by atoms with Crippen LogP contribution in [0.1, 0.15) is 62.8 Å². The number of nitrogen functional groups attached to an aromatic ring is 1. The third-order valence-electron chi connectivity index (χ3n) is 14.8. The van der Waals surface area contributed by atoms with Crippen molar-refractivity contribution in [3.05, 3.63) is 196 Å². The highest BCUT2D eigenvalue weighted by Gasteiger charge is 2.37. The lowest BCUT2D eigenvalue weighted by Crippen LogP contribution is -2.54. The summed E-state index contributed by atoms with van der Waals surface area (Å²) in [5, 5.41) is 27.8. The number of sulfonamides is 2. The summed E-state index contributed by atoms with van der Waals surface area (Å²) >= 11 is 0. The van der Waals surface area contributed by atoms with Crippen LogP contribution in [0.2, 0.25) is 0 Å². The molecule has 7 N–H and O–H groups in total. The van der Waals surface area contributed by atoms with E-state index in [1.54, 1.807) is 0 Å². The number of hydrogen-bond acceptors (Lipinski definition) is 18. The molecule has 0 aliphatic carbocycles. The fourth-order valence-electron chi connectivity index (χ4n) is 10.0. The van der Waals surface area contributed by atoms with E-state index in [2.05, 4.69) is 10.6 Å². The van der Waals surface area contributed by atoms with Gasteiger partial charge in [-0.25, -0.2) is 26.4 Å². The molecule has 2 heterocycles. The number of amides is 2. The summed E-state index contributed by atoms with van der Waals surface area (Å²) < 4.78 is 91.3. The van der Waals surface area contributed by atoms with Gasteiger partial charge in [-0.15, -0.1) is 0 Å². The Bertz CT molecular complexity index is 3460. The molecule has 2 fully saturated rings. The minimum absolute atomic E-state index is 0.0311. The van der Waals surface area contributed by atoms with Crippen molar-refractivity contribution in [2.45, 2.75) is 119 Å². The van der Waals surface area contributed by atoms with E-state index in [0.717, 1.165) is 38.7 Å². The molecule has 25 heteroatoms. The monoisotopic (exact) mass is 1290 g/mol. The molecule has 6 aromatic rings. The van der Waals surface area contributed by atoms with Crippen molar-refractivity contribution >= 4 is 49.6 Å². The van der Waals surface area contributed by atoms with Crippen LogP contribution in [0.3, 0.4) is 0 Å². The van der Waals surface area contributed by atoms with Crippen molar-refractivity contribution in [2.24, 2.45) is 17.6 Å². The molecule has 23 nitrogen and oxygen atoms in total. The second kappa shape index (κ2) is 34.4. The number of aliphatic hydroxyl groups excluding tert-OH is 1. The Labute approximate surface area is 532 Å². The summed E-state index contributed by atoms with van der Waals surface area (Å²) in [7, 11) is -8.21. The number of nitro groups is 1. The van der Waals surface area contributed by atoms with Crippen LogP contribution >= 0.6 is 0 Å². The zero-order valence-corrected chi connectivity index (χ0v) is 53.2. The first-order chi connectivity index (χ1) is 43.5. The lowest BCUT2D eigenvalue weighted by Gasteiger charge is -2.33. The molecular formula is C66H83N7O16S2. The van der Waals surface area contributed by atoms with Gasteiger partial charge in [0.2, 0.25) is 20.0 Å². The SMILES string of the molecule is CC(C)CN(C[C@@H](O)[C@H](Cc1ccccc1)NC(=O)O[C@H]1CCOC1)S(=O)(=O)c1ccc([N+](=O)[O-])cc1.CC(C)CN(C[C@@H](OC(=O)[C@@H](N)Cc1ccc(OCc2ccccc2)cc1)[C@H](Cc1ccccc1)NC(=O)O[C@H]1CCOC1)S(=O)(=O)c1ccc(N)cc1. The fourth-order valence-corrected chi connectivity index (χ4v) is 13.3. The standard InChI is InChI=1S/C41H50N4O8S.C25H33N3O8S/c1-29(2)25-45(54(48,49)36-19-15-33(42)16-20-36)26-39(38(24-30-9-5-3-6-10-30)44-41(47)52-35-21-22-50-28-35)53-40(46)37(43)23-31-13-17-34(18-14-31)51-27-32-11-7-4-8-12-32;1-18(2)15-27(37(33,34)22-10-8-20(9-11-22)28(31)32)16-24(29)23(14-19-6-4-3-5-7-19)26-25(30)36-21-12-13-35-17-21/h3-20,29,35,37-39H,21-28,42-43H2,1-2H3,(H,44,47);3-11,18,21,23-24,29H,12-17H2,1-2H3,(H,26,30)/t35-,37-,38-,39+;21-,23-,24+/m00/s1. The molecule has 2 saturated heterocycles. The number of nitrogens with two attached hydrogens (primary N) is 2.